The average Bonchev–Trinajstić information content (AvgIpc) is 2.74. The Hall–Kier alpha value is -0.450. The zero-order valence-corrected chi connectivity index (χ0v) is 13.2. The molecule has 2 nitrogen and oxygen atoms in total. The maximum Gasteiger partial charge on any atom is 0.148 e. The molecular formula is C13H12Cl3NOS. The van der Waals surface area contributed by atoms with Gasteiger partial charge >= 0.3 is 0 Å². The van der Waals surface area contributed by atoms with E-state index in [1.807, 2.05) is 19.1 Å². The first-order valence-electron chi connectivity index (χ1n) is 5.60. The topological polar surface area (TPSA) is 35.2 Å². The van der Waals surface area contributed by atoms with Crippen LogP contribution in [0.3, 0.4) is 0 Å². The predicted molar refractivity (Wildman–Crippen MR) is 82.8 cm³/mol. The Bertz CT molecular complexity index is 571. The molecule has 1 heterocycles. The zero-order chi connectivity index (χ0) is 14.0. The summed E-state index contributed by atoms with van der Waals surface area (Å²) in [5.41, 5.74) is 5.98. The third-order valence-electron chi connectivity index (χ3n) is 2.50. The maximum atomic E-state index is 6.10. The summed E-state index contributed by atoms with van der Waals surface area (Å²) in [4.78, 5) is 0.964. The van der Waals surface area contributed by atoms with Gasteiger partial charge in [-0.3, -0.25) is 0 Å². The second kappa shape index (κ2) is 6.33. The Balaban J connectivity index is 2.26. The largest absolute Gasteiger partial charge is 0.482 e. The van der Waals surface area contributed by atoms with Gasteiger partial charge in [-0.05, 0) is 37.3 Å². The highest BCUT2D eigenvalue weighted by molar-refractivity contribution is 7.16. The summed E-state index contributed by atoms with van der Waals surface area (Å²) in [6.07, 6.45) is -0.295. The number of thiophene rings is 1. The normalized spacial score (nSPS) is 14.2. The summed E-state index contributed by atoms with van der Waals surface area (Å²) >= 11 is 19.3. The number of hydrogen-bond donors (Lipinski definition) is 1. The quantitative estimate of drug-likeness (QED) is 0.835. The van der Waals surface area contributed by atoms with Crippen LogP contribution < -0.4 is 10.5 Å². The molecule has 2 N–H and O–H groups in total. The molecule has 2 aromatic rings. The minimum Gasteiger partial charge on any atom is -0.482 e. The highest BCUT2D eigenvalue weighted by Gasteiger charge is 2.21. The predicted octanol–water partition coefficient (Wildman–Crippen LogP) is 5.18. The van der Waals surface area contributed by atoms with E-state index in [0.717, 1.165) is 4.88 Å². The van der Waals surface area contributed by atoms with Gasteiger partial charge in [0.2, 0.25) is 0 Å². The second-order valence-corrected chi connectivity index (χ2v) is 6.70. The SMILES string of the molecule is CC(N)C(Oc1ccc(Cl)cc1Cl)c1ccc(Cl)s1. The van der Waals surface area contributed by atoms with Gasteiger partial charge in [0.15, 0.2) is 0 Å². The molecule has 0 aliphatic carbocycles. The molecule has 0 bridgehead atoms. The minimum absolute atomic E-state index is 0.193. The summed E-state index contributed by atoms with van der Waals surface area (Å²) in [6.45, 7) is 1.88. The van der Waals surface area contributed by atoms with E-state index in [0.29, 0.717) is 20.1 Å². The van der Waals surface area contributed by atoms with Gasteiger partial charge in [0, 0.05) is 15.9 Å². The lowest BCUT2D eigenvalue weighted by atomic mass is 10.1. The number of rotatable bonds is 4. The van der Waals surface area contributed by atoms with Crippen LogP contribution in [-0.4, -0.2) is 6.04 Å². The van der Waals surface area contributed by atoms with E-state index >= 15 is 0 Å². The van der Waals surface area contributed by atoms with Crippen molar-refractivity contribution in [2.45, 2.75) is 19.1 Å². The highest BCUT2D eigenvalue weighted by Crippen LogP contribution is 2.35. The number of halogens is 3. The molecule has 2 rings (SSSR count). The minimum atomic E-state index is -0.295. The summed E-state index contributed by atoms with van der Waals surface area (Å²) < 4.78 is 6.60. The zero-order valence-electron chi connectivity index (χ0n) is 10.1. The van der Waals surface area contributed by atoms with Crippen molar-refractivity contribution in [3.8, 4) is 5.75 Å². The average molecular weight is 337 g/mol. The lowest BCUT2D eigenvalue weighted by Crippen LogP contribution is -2.28. The van der Waals surface area contributed by atoms with Crippen LogP contribution in [0.25, 0.3) is 0 Å². The lowest BCUT2D eigenvalue weighted by Gasteiger charge is -2.22. The molecule has 19 heavy (non-hydrogen) atoms. The molecule has 6 heteroatoms. The molecule has 0 amide bonds. The standard InChI is InChI=1S/C13H12Cl3NOS/c1-7(17)13(11-4-5-12(16)19-11)18-10-3-2-8(14)6-9(10)15/h2-7,13H,17H2,1H3. The van der Waals surface area contributed by atoms with Gasteiger partial charge in [-0.25, -0.2) is 0 Å². The van der Waals surface area contributed by atoms with Crippen molar-refractivity contribution in [3.05, 3.63) is 49.6 Å². The maximum absolute atomic E-state index is 6.10. The van der Waals surface area contributed by atoms with Crippen molar-refractivity contribution in [2.24, 2.45) is 5.73 Å². The van der Waals surface area contributed by atoms with Gasteiger partial charge < -0.3 is 10.5 Å². The lowest BCUT2D eigenvalue weighted by molar-refractivity contribution is 0.184. The van der Waals surface area contributed by atoms with Crippen molar-refractivity contribution in [2.75, 3.05) is 0 Å². The molecule has 0 aliphatic heterocycles. The molecule has 0 fully saturated rings. The monoisotopic (exact) mass is 335 g/mol. The fourth-order valence-corrected chi connectivity index (χ4v) is 3.27. The molecule has 0 spiro atoms. The van der Waals surface area contributed by atoms with Crippen LogP contribution in [0.1, 0.15) is 17.9 Å². The van der Waals surface area contributed by atoms with Gasteiger partial charge in [-0.2, -0.15) is 0 Å². The summed E-state index contributed by atoms with van der Waals surface area (Å²) in [7, 11) is 0. The van der Waals surface area contributed by atoms with Crippen molar-refractivity contribution >= 4 is 46.1 Å². The van der Waals surface area contributed by atoms with E-state index in [4.69, 9.17) is 45.3 Å². The molecule has 1 aromatic carbocycles. The van der Waals surface area contributed by atoms with Crippen molar-refractivity contribution < 1.29 is 4.74 Å². The molecular weight excluding hydrogens is 325 g/mol. The number of ether oxygens (including phenoxy) is 1. The van der Waals surface area contributed by atoms with Crippen molar-refractivity contribution in [1.29, 1.82) is 0 Å². The van der Waals surface area contributed by atoms with Crippen LogP contribution in [0.2, 0.25) is 14.4 Å². The summed E-state index contributed by atoms with van der Waals surface area (Å²) in [5, 5.41) is 1.02. The Morgan fingerprint density at radius 2 is 1.89 bits per heavy atom. The van der Waals surface area contributed by atoms with Crippen molar-refractivity contribution in [3.63, 3.8) is 0 Å². The molecule has 2 atom stereocenters. The molecule has 1 aromatic heterocycles. The van der Waals surface area contributed by atoms with Gasteiger partial charge in [0.05, 0.1) is 9.36 Å². The van der Waals surface area contributed by atoms with Crippen molar-refractivity contribution in [1.82, 2.24) is 0 Å². The smallest absolute Gasteiger partial charge is 0.148 e. The van der Waals surface area contributed by atoms with Crippen LogP contribution in [0.4, 0.5) is 0 Å². The highest BCUT2D eigenvalue weighted by atomic mass is 35.5. The first kappa shape index (κ1) is 14.9. The van der Waals surface area contributed by atoms with Gasteiger partial charge in [0.1, 0.15) is 11.9 Å². The molecule has 2 unspecified atom stereocenters. The summed E-state index contributed by atoms with van der Waals surface area (Å²) in [6, 6.07) is 8.63. The van der Waals surface area contributed by atoms with Crippen LogP contribution in [0, 0.1) is 0 Å². The van der Waals surface area contributed by atoms with E-state index in [1.165, 1.54) is 11.3 Å². The Kier molecular flexibility index (Phi) is 4.98. The Morgan fingerprint density at radius 3 is 2.42 bits per heavy atom. The first-order chi connectivity index (χ1) is 8.97. The van der Waals surface area contributed by atoms with Crippen LogP contribution in [0.5, 0.6) is 5.75 Å². The molecule has 102 valence electrons. The van der Waals surface area contributed by atoms with E-state index in [1.54, 1.807) is 18.2 Å². The van der Waals surface area contributed by atoms with E-state index in [9.17, 15) is 0 Å². The van der Waals surface area contributed by atoms with E-state index in [2.05, 4.69) is 0 Å². The van der Waals surface area contributed by atoms with E-state index < -0.39 is 0 Å². The number of nitrogens with two attached hydrogens (primary N) is 1. The number of hydrogen-bond acceptors (Lipinski definition) is 3. The Morgan fingerprint density at radius 1 is 1.16 bits per heavy atom. The second-order valence-electron chi connectivity index (χ2n) is 4.11. The van der Waals surface area contributed by atoms with Crippen LogP contribution >= 0.6 is 46.1 Å². The first-order valence-corrected chi connectivity index (χ1v) is 7.55. The number of benzene rings is 1. The molecule has 0 radical (unpaired) electrons. The molecule has 0 saturated heterocycles. The van der Waals surface area contributed by atoms with E-state index in [-0.39, 0.29) is 12.1 Å². The Labute approximate surface area is 131 Å². The van der Waals surface area contributed by atoms with Gasteiger partial charge in [-0.1, -0.05) is 34.8 Å². The van der Waals surface area contributed by atoms with Crippen LogP contribution in [0.15, 0.2) is 30.3 Å². The van der Waals surface area contributed by atoms with Crippen LogP contribution in [-0.2, 0) is 0 Å². The van der Waals surface area contributed by atoms with Gasteiger partial charge in [0.25, 0.3) is 0 Å². The summed E-state index contributed by atoms with van der Waals surface area (Å²) in [5.74, 6) is 0.554. The third-order valence-corrected chi connectivity index (χ3v) is 4.32. The third kappa shape index (κ3) is 3.77. The molecule has 0 saturated carbocycles. The fourth-order valence-electron chi connectivity index (χ4n) is 1.61. The fraction of sp³-hybridized carbons (Fsp3) is 0.231. The molecule has 0 aliphatic rings. The van der Waals surface area contributed by atoms with Gasteiger partial charge in [-0.15, -0.1) is 11.3 Å².